The van der Waals surface area contributed by atoms with Crippen molar-refractivity contribution < 1.29 is 0 Å². The third-order valence-electron chi connectivity index (χ3n) is 4.15. The van der Waals surface area contributed by atoms with Crippen LogP contribution in [0.1, 0.15) is 51.9 Å². The van der Waals surface area contributed by atoms with E-state index in [-0.39, 0.29) is 0 Å². The van der Waals surface area contributed by atoms with E-state index in [1.807, 2.05) is 0 Å². The lowest BCUT2D eigenvalue weighted by Crippen LogP contribution is -2.41. The lowest BCUT2D eigenvalue weighted by atomic mass is 9.87. The molecule has 2 heteroatoms. The van der Waals surface area contributed by atoms with Crippen molar-refractivity contribution in [1.82, 2.24) is 4.90 Å². The standard InChI is InChI=1S/C13H24ClN/c1-11-5-2-3-8-15(11)10-12-6-4-7-13(14)9-12/h11-13H,2-10H2,1H3. The second kappa shape index (κ2) is 5.54. The Morgan fingerprint density at radius 3 is 2.73 bits per heavy atom. The molecule has 3 unspecified atom stereocenters. The number of nitrogens with zero attached hydrogens (tertiary/aromatic N) is 1. The zero-order chi connectivity index (χ0) is 10.7. The molecule has 15 heavy (non-hydrogen) atoms. The Hall–Kier alpha value is 0.250. The van der Waals surface area contributed by atoms with E-state index in [9.17, 15) is 0 Å². The van der Waals surface area contributed by atoms with Crippen molar-refractivity contribution in [2.45, 2.75) is 63.3 Å². The number of rotatable bonds is 2. The Labute approximate surface area is 99.2 Å². The predicted molar refractivity (Wildman–Crippen MR) is 66.5 cm³/mol. The van der Waals surface area contributed by atoms with Crippen LogP contribution in [0.15, 0.2) is 0 Å². The summed E-state index contributed by atoms with van der Waals surface area (Å²) in [5, 5.41) is 0.462. The summed E-state index contributed by atoms with van der Waals surface area (Å²) in [7, 11) is 0. The fourth-order valence-electron chi connectivity index (χ4n) is 3.15. The Morgan fingerprint density at radius 2 is 2.00 bits per heavy atom. The van der Waals surface area contributed by atoms with Gasteiger partial charge in [-0.1, -0.05) is 12.8 Å². The average molecular weight is 230 g/mol. The second-order valence-corrected chi connectivity index (χ2v) is 6.09. The summed E-state index contributed by atoms with van der Waals surface area (Å²) in [6.07, 6.45) is 9.49. The molecular weight excluding hydrogens is 206 g/mol. The van der Waals surface area contributed by atoms with Gasteiger partial charge < -0.3 is 4.90 Å². The molecule has 1 heterocycles. The van der Waals surface area contributed by atoms with Gasteiger partial charge in [0.25, 0.3) is 0 Å². The van der Waals surface area contributed by atoms with Crippen molar-refractivity contribution in [2.24, 2.45) is 5.92 Å². The van der Waals surface area contributed by atoms with E-state index in [1.165, 1.54) is 58.0 Å². The van der Waals surface area contributed by atoms with Crippen LogP contribution >= 0.6 is 11.6 Å². The van der Waals surface area contributed by atoms with E-state index >= 15 is 0 Å². The van der Waals surface area contributed by atoms with Crippen molar-refractivity contribution >= 4 is 11.6 Å². The summed E-state index contributed by atoms with van der Waals surface area (Å²) in [5.74, 6) is 0.877. The summed E-state index contributed by atoms with van der Waals surface area (Å²) < 4.78 is 0. The van der Waals surface area contributed by atoms with Crippen LogP contribution in [0, 0.1) is 5.92 Å². The van der Waals surface area contributed by atoms with Crippen LogP contribution in [0.2, 0.25) is 0 Å². The molecule has 1 saturated carbocycles. The molecule has 0 radical (unpaired) electrons. The molecule has 0 aromatic rings. The van der Waals surface area contributed by atoms with Gasteiger partial charge in [0.1, 0.15) is 0 Å². The van der Waals surface area contributed by atoms with Gasteiger partial charge in [-0.05, 0) is 51.5 Å². The van der Waals surface area contributed by atoms with Gasteiger partial charge in [-0.15, -0.1) is 11.6 Å². The first-order valence-corrected chi connectivity index (χ1v) is 7.07. The van der Waals surface area contributed by atoms with Crippen LogP contribution in [-0.4, -0.2) is 29.4 Å². The molecule has 2 fully saturated rings. The zero-order valence-electron chi connectivity index (χ0n) is 9.92. The number of alkyl halides is 1. The highest BCUT2D eigenvalue weighted by Gasteiger charge is 2.25. The van der Waals surface area contributed by atoms with Crippen molar-refractivity contribution in [2.75, 3.05) is 13.1 Å². The molecule has 1 aliphatic heterocycles. The van der Waals surface area contributed by atoms with E-state index in [0.717, 1.165) is 12.0 Å². The summed E-state index contributed by atoms with van der Waals surface area (Å²) in [6, 6.07) is 0.814. The highest BCUT2D eigenvalue weighted by molar-refractivity contribution is 6.20. The molecule has 3 atom stereocenters. The molecule has 0 aromatic carbocycles. The highest BCUT2D eigenvalue weighted by Crippen LogP contribution is 2.29. The van der Waals surface area contributed by atoms with Crippen molar-refractivity contribution in [3.05, 3.63) is 0 Å². The fraction of sp³-hybridized carbons (Fsp3) is 1.00. The lowest BCUT2D eigenvalue weighted by molar-refractivity contribution is 0.124. The van der Waals surface area contributed by atoms with E-state index in [0.29, 0.717) is 5.38 Å². The number of piperidine rings is 1. The van der Waals surface area contributed by atoms with Crippen molar-refractivity contribution in [3.63, 3.8) is 0 Å². The van der Waals surface area contributed by atoms with Gasteiger partial charge in [-0.3, -0.25) is 0 Å². The summed E-state index contributed by atoms with van der Waals surface area (Å²) >= 11 is 6.25. The lowest BCUT2D eigenvalue weighted by Gasteiger charge is -2.37. The van der Waals surface area contributed by atoms with Crippen molar-refractivity contribution in [1.29, 1.82) is 0 Å². The molecule has 0 aromatic heterocycles. The molecule has 2 rings (SSSR count). The third-order valence-corrected chi connectivity index (χ3v) is 4.55. The number of likely N-dealkylation sites (tertiary alicyclic amines) is 1. The monoisotopic (exact) mass is 229 g/mol. The average Bonchev–Trinajstić information content (AvgIpc) is 2.22. The second-order valence-electron chi connectivity index (χ2n) is 5.47. The van der Waals surface area contributed by atoms with Crippen LogP contribution in [-0.2, 0) is 0 Å². The normalized spacial score (nSPS) is 39.2. The van der Waals surface area contributed by atoms with E-state index in [1.54, 1.807) is 0 Å². The van der Waals surface area contributed by atoms with Crippen LogP contribution < -0.4 is 0 Å². The molecule has 1 aliphatic carbocycles. The first-order chi connectivity index (χ1) is 7.25. The van der Waals surface area contributed by atoms with Gasteiger partial charge in [0, 0.05) is 18.0 Å². The van der Waals surface area contributed by atoms with E-state index in [2.05, 4.69) is 11.8 Å². The summed E-state index contributed by atoms with van der Waals surface area (Å²) in [5.41, 5.74) is 0. The number of hydrogen-bond acceptors (Lipinski definition) is 1. The number of hydrogen-bond donors (Lipinski definition) is 0. The maximum absolute atomic E-state index is 6.25. The minimum absolute atomic E-state index is 0.462. The largest absolute Gasteiger partial charge is 0.300 e. The number of halogens is 1. The first-order valence-electron chi connectivity index (χ1n) is 6.64. The molecule has 88 valence electrons. The Balaban J connectivity index is 1.79. The van der Waals surface area contributed by atoms with Gasteiger partial charge in [0.2, 0.25) is 0 Å². The summed E-state index contributed by atoms with van der Waals surface area (Å²) in [6.45, 7) is 5.02. The van der Waals surface area contributed by atoms with Gasteiger partial charge in [0.15, 0.2) is 0 Å². The van der Waals surface area contributed by atoms with Crippen LogP contribution in [0.25, 0.3) is 0 Å². The smallest absolute Gasteiger partial charge is 0.0339 e. The first kappa shape index (κ1) is 11.7. The predicted octanol–water partition coefficient (Wildman–Crippen LogP) is 3.66. The van der Waals surface area contributed by atoms with Gasteiger partial charge >= 0.3 is 0 Å². The molecule has 0 amide bonds. The molecule has 2 aliphatic rings. The van der Waals surface area contributed by atoms with Crippen molar-refractivity contribution in [3.8, 4) is 0 Å². The van der Waals surface area contributed by atoms with E-state index in [4.69, 9.17) is 11.6 Å². The Morgan fingerprint density at radius 1 is 1.13 bits per heavy atom. The third kappa shape index (κ3) is 3.35. The van der Waals surface area contributed by atoms with Gasteiger partial charge in [-0.2, -0.15) is 0 Å². The van der Waals surface area contributed by atoms with Crippen LogP contribution in [0.3, 0.4) is 0 Å². The molecular formula is C13H24ClN. The molecule has 0 N–H and O–H groups in total. The highest BCUT2D eigenvalue weighted by atomic mass is 35.5. The Kier molecular flexibility index (Phi) is 4.33. The molecule has 1 saturated heterocycles. The maximum atomic E-state index is 6.25. The molecule has 0 bridgehead atoms. The molecule has 1 nitrogen and oxygen atoms in total. The van der Waals surface area contributed by atoms with Crippen LogP contribution in [0.5, 0.6) is 0 Å². The van der Waals surface area contributed by atoms with Gasteiger partial charge in [0.05, 0.1) is 0 Å². The molecule has 0 spiro atoms. The zero-order valence-corrected chi connectivity index (χ0v) is 10.7. The quantitative estimate of drug-likeness (QED) is 0.654. The SMILES string of the molecule is CC1CCCCN1CC1CCCC(Cl)C1. The minimum atomic E-state index is 0.462. The topological polar surface area (TPSA) is 3.24 Å². The van der Waals surface area contributed by atoms with Gasteiger partial charge in [-0.25, -0.2) is 0 Å². The fourth-order valence-corrected chi connectivity index (χ4v) is 3.56. The summed E-state index contributed by atoms with van der Waals surface area (Å²) in [4.78, 5) is 2.70. The Bertz CT molecular complexity index is 195. The maximum Gasteiger partial charge on any atom is 0.0339 e. The minimum Gasteiger partial charge on any atom is -0.300 e. The van der Waals surface area contributed by atoms with Crippen LogP contribution in [0.4, 0.5) is 0 Å². The van der Waals surface area contributed by atoms with E-state index < -0.39 is 0 Å².